The number of hydrogen-bond acceptors (Lipinski definition) is 2. The third-order valence-corrected chi connectivity index (χ3v) is 3.85. The van der Waals surface area contributed by atoms with Gasteiger partial charge in [-0.05, 0) is 37.0 Å². The van der Waals surface area contributed by atoms with Crippen molar-refractivity contribution in [3.8, 4) is 0 Å². The summed E-state index contributed by atoms with van der Waals surface area (Å²) in [7, 11) is 0. The fourth-order valence-electron chi connectivity index (χ4n) is 2.77. The molecule has 1 aliphatic rings. The Morgan fingerprint density at radius 2 is 2.11 bits per heavy atom. The molecule has 0 atom stereocenters. The third-order valence-electron chi connectivity index (χ3n) is 3.85. The van der Waals surface area contributed by atoms with Crippen LogP contribution >= 0.6 is 0 Å². The van der Waals surface area contributed by atoms with Crippen molar-refractivity contribution in [2.45, 2.75) is 32.6 Å². The van der Waals surface area contributed by atoms with Gasteiger partial charge in [-0.3, -0.25) is 0 Å². The summed E-state index contributed by atoms with van der Waals surface area (Å²) in [6.07, 6.45) is 4.63. The van der Waals surface area contributed by atoms with Crippen molar-refractivity contribution in [2.75, 3.05) is 18.0 Å². The zero-order valence-corrected chi connectivity index (χ0v) is 11.2. The van der Waals surface area contributed by atoms with Crippen LogP contribution in [-0.2, 0) is 0 Å². The van der Waals surface area contributed by atoms with Crippen LogP contribution in [-0.4, -0.2) is 24.2 Å². The number of halogens is 1. The fraction of sp³-hybridized carbons (Fsp3) is 0.533. The first-order chi connectivity index (χ1) is 9.11. The molecular weight excluding hydrogens is 245 g/mol. The van der Waals surface area contributed by atoms with Crippen LogP contribution in [0.25, 0.3) is 0 Å². The number of rotatable bonds is 4. The highest BCUT2D eigenvalue weighted by Gasteiger charge is 2.21. The fourth-order valence-corrected chi connectivity index (χ4v) is 2.77. The van der Waals surface area contributed by atoms with Crippen LogP contribution in [0.4, 0.5) is 10.1 Å². The van der Waals surface area contributed by atoms with Crippen molar-refractivity contribution in [3.63, 3.8) is 0 Å². The van der Waals surface area contributed by atoms with Crippen LogP contribution in [0.3, 0.4) is 0 Å². The average molecular weight is 265 g/mol. The number of carboxylic acids is 1. The molecule has 1 fully saturated rings. The van der Waals surface area contributed by atoms with E-state index in [2.05, 4.69) is 6.92 Å². The minimum absolute atomic E-state index is 0.00196. The lowest BCUT2D eigenvalue weighted by atomic mass is 9.92. The van der Waals surface area contributed by atoms with E-state index in [1.807, 2.05) is 4.90 Å². The number of piperidine rings is 1. The molecule has 0 saturated carbocycles. The Balaban J connectivity index is 2.05. The zero-order chi connectivity index (χ0) is 13.8. The van der Waals surface area contributed by atoms with Gasteiger partial charge < -0.3 is 10.0 Å². The van der Waals surface area contributed by atoms with E-state index in [0.29, 0.717) is 5.69 Å². The SMILES string of the molecule is CCCC1CCN(c2ccc(C(=O)O)cc2F)CC1. The molecule has 3 nitrogen and oxygen atoms in total. The molecule has 1 saturated heterocycles. The Labute approximate surface area is 113 Å². The molecule has 0 unspecified atom stereocenters. The molecule has 1 N–H and O–H groups in total. The minimum atomic E-state index is -1.09. The summed E-state index contributed by atoms with van der Waals surface area (Å²) < 4.78 is 13.9. The lowest BCUT2D eigenvalue weighted by Crippen LogP contribution is -2.34. The van der Waals surface area contributed by atoms with E-state index in [-0.39, 0.29) is 5.56 Å². The van der Waals surface area contributed by atoms with Gasteiger partial charge in [-0.1, -0.05) is 19.8 Å². The standard InChI is InChI=1S/C15H20FNO2/c1-2-3-11-6-8-17(9-7-11)14-5-4-12(15(18)19)10-13(14)16/h4-5,10-11H,2-3,6-9H2,1H3,(H,18,19). The van der Waals surface area contributed by atoms with E-state index in [1.54, 1.807) is 6.07 Å². The number of nitrogens with zero attached hydrogens (tertiary/aromatic N) is 1. The van der Waals surface area contributed by atoms with Crippen LogP contribution in [0.2, 0.25) is 0 Å². The largest absolute Gasteiger partial charge is 0.478 e. The van der Waals surface area contributed by atoms with Crippen LogP contribution in [0, 0.1) is 11.7 Å². The lowest BCUT2D eigenvalue weighted by Gasteiger charge is -2.33. The second-order valence-electron chi connectivity index (χ2n) is 5.19. The van der Waals surface area contributed by atoms with Crippen LogP contribution < -0.4 is 4.90 Å². The molecule has 0 aromatic heterocycles. The first-order valence-electron chi connectivity index (χ1n) is 6.89. The Kier molecular flexibility index (Phi) is 4.40. The summed E-state index contributed by atoms with van der Waals surface area (Å²) in [6, 6.07) is 4.16. The summed E-state index contributed by atoms with van der Waals surface area (Å²) in [6.45, 7) is 3.90. The van der Waals surface area contributed by atoms with Gasteiger partial charge in [0, 0.05) is 13.1 Å². The minimum Gasteiger partial charge on any atom is -0.478 e. The first-order valence-corrected chi connectivity index (χ1v) is 6.89. The maximum Gasteiger partial charge on any atom is 0.335 e. The smallest absolute Gasteiger partial charge is 0.335 e. The van der Waals surface area contributed by atoms with Gasteiger partial charge in [0.25, 0.3) is 0 Å². The zero-order valence-electron chi connectivity index (χ0n) is 11.2. The second-order valence-corrected chi connectivity index (χ2v) is 5.19. The van der Waals surface area contributed by atoms with Crippen LogP contribution in [0.15, 0.2) is 18.2 Å². The maximum atomic E-state index is 13.9. The molecule has 0 bridgehead atoms. The molecule has 0 spiro atoms. The van der Waals surface area contributed by atoms with Crippen molar-refractivity contribution < 1.29 is 14.3 Å². The van der Waals surface area contributed by atoms with E-state index in [1.165, 1.54) is 18.9 Å². The Hall–Kier alpha value is -1.58. The average Bonchev–Trinajstić information content (AvgIpc) is 2.40. The van der Waals surface area contributed by atoms with Crippen molar-refractivity contribution in [1.82, 2.24) is 0 Å². The molecule has 0 radical (unpaired) electrons. The van der Waals surface area contributed by atoms with Crippen molar-refractivity contribution in [1.29, 1.82) is 0 Å². The second kappa shape index (κ2) is 6.04. The van der Waals surface area contributed by atoms with E-state index in [4.69, 9.17) is 5.11 Å². The number of benzene rings is 1. The van der Waals surface area contributed by atoms with Gasteiger partial charge in [-0.2, -0.15) is 0 Å². The van der Waals surface area contributed by atoms with Gasteiger partial charge in [-0.25, -0.2) is 9.18 Å². The van der Waals surface area contributed by atoms with E-state index < -0.39 is 11.8 Å². The maximum absolute atomic E-state index is 13.9. The molecular formula is C15H20FNO2. The molecule has 0 amide bonds. The van der Waals surface area contributed by atoms with Crippen LogP contribution in [0.5, 0.6) is 0 Å². The highest BCUT2D eigenvalue weighted by Crippen LogP contribution is 2.28. The quantitative estimate of drug-likeness (QED) is 0.905. The molecule has 2 rings (SSSR count). The van der Waals surface area contributed by atoms with Crippen LogP contribution in [0.1, 0.15) is 43.0 Å². The summed E-state index contributed by atoms with van der Waals surface area (Å²) in [4.78, 5) is 12.8. The molecule has 104 valence electrons. The molecule has 1 aromatic carbocycles. The molecule has 1 aliphatic heterocycles. The Morgan fingerprint density at radius 3 is 2.63 bits per heavy atom. The van der Waals surface area contributed by atoms with E-state index in [0.717, 1.165) is 37.9 Å². The molecule has 1 aromatic rings. The molecule has 0 aliphatic carbocycles. The Morgan fingerprint density at radius 1 is 1.42 bits per heavy atom. The first kappa shape index (κ1) is 13.8. The van der Waals surface area contributed by atoms with Gasteiger partial charge in [0.15, 0.2) is 0 Å². The number of anilines is 1. The summed E-state index contributed by atoms with van der Waals surface area (Å²) >= 11 is 0. The molecule has 19 heavy (non-hydrogen) atoms. The number of aromatic carboxylic acids is 1. The van der Waals surface area contributed by atoms with Crippen molar-refractivity contribution in [2.24, 2.45) is 5.92 Å². The van der Waals surface area contributed by atoms with E-state index in [9.17, 15) is 9.18 Å². The van der Waals surface area contributed by atoms with Gasteiger partial charge >= 0.3 is 5.97 Å². The number of hydrogen-bond donors (Lipinski definition) is 1. The summed E-state index contributed by atoms with van der Waals surface area (Å²) in [5.74, 6) is -0.774. The Bertz CT molecular complexity index is 453. The third kappa shape index (κ3) is 3.25. The monoisotopic (exact) mass is 265 g/mol. The van der Waals surface area contributed by atoms with Gasteiger partial charge in [0.2, 0.25) is 0 Å². The van der Waals surface area contributed by atoms with E-state index >= 15 is 0 Å². The van der Waals surface area contributed by atoms with Gasteiger partial charge in [-0.15, -0.1) is 0 Å². The number of carboxylic acid groups (broad SMARTS) is 1. The normalized spacial score (nSPS) is 16.6. The highest BCUT2D eigenvalue weighted by molar-refractivity contribution is 5.88. The predicted octanol–water partition coefficient (Wildman–Crippen LogP) is 3.54. The predicted molar refractivity (Wildman–Crippen MR) is 73.2 cm³/mol. The van der Waals surface area contributed by atoms with Gasteiger partial charge in [0.1, 0.15) is 5.82 Å². The van der Waals surface area contributed by atoms with Crippen molar-refractivity contribution in [3.05, 3.63) is 29.6 Å². The van der Waals surface area contributed by atoms with Crippen molar-refractivity contribution >= 4 is 11.7 Å². The highest BCUT2D eigenvalue weighted by atomic mass is 19.1. The summed E-state index contributed by atoms with van der Waals surface area (Å²) in [5, 5.41) is 8.82. The molecule has 1 heterocycles. The summed E-state index contributed by atoms with van der Waals surface area (Å²) in [5.41, 5.74) is 0.530. The lowest BCUT2D eigenvalue weighted by molar-refractivity contribution is 0.0696. The molecule has 4 heteroatoms. The topological polar surface area (TPSA) is 40.5 Å². The number of carbonyl (C=O) groups is 1. The van der Waals surface area contributed by atoms with Gasteiger partial charge in [0.05, 0.1) is 11.3 Å².